The largest absolute Gasteiger partial charge is 0.358 e. The number of rotatable bonds is 4. The summed E-state index contributed by atoms with van der Waals surface area (Å²) in [5.74, 6) is -1.17. The highest BCUT2D eigenvalue weighted by atomic mass is 79.9. The average Bonchev–Trinajstić information content (AvgIpc) is 2.30. The highest BCUT2D eigenvalue weighted by Gasteiger charge is 2.22. The number of amides is 1. The van der Waals surface area contributed by atoms with Crippen LogP contribution in [0.1, 0.15) is 6.92 Å². The van der Waals surface area contributed by atoms with Gasteiger partial charge in [-0.05, 0) is 41.1 Å². The monoisotopic (exact) mass is 338 g/mol. The average molecular weight is 339 g/mol. The lowest BCUT2D eigenvalue weighted by atomic mass is 10.3. The Kier molecular flexibility index (Phi) is 4.83. The van der Waals surface area contributed by atoms with Gasteiger partial charge >= 0.3 is 0 Å². The van der Waals surface area contributed by atoms with Gasteiger partial charge in [0.05, 0.1) is 15.4 Å². The van der Waals surface area contributed by atoms with E-state index in [2.05, 4.69) is 26.0 Å². The fourth-order valence-corrected chi connectivity index (χ4v) is 2.68. The standard InChI is InChI=1S/C10H12BrFN2O3S/c1-6(10(15)13-2)14-18(16,17)7-3-4-8(11)9(12)5-7/h3-6,14H,1-2H3,(H,13,15). The highest BCUT2D eigenvalue weighted by molar-refractivity contribution is 9.10. The van der Waals surface area contributed by atoms with Crippen LogP contribution in [0.2, 0.25) is 0 Å². The van der Waals surface area contributed by atoms with Crippen molar-refractivity contribution >= 4 is 31.9 Å². The Hall–Kier alpha value is -0.990. The molecular weight excluding hydrogens is 327 g/mol. The molecule has 0 spiro atoms. The van der Waals surface area contributed by atoms with Crippen molar-refractivity contribution in [1.82, 2.24) is 10.0 Å². The lowest BCUT2D eigenvalue weighted by molar-refractivity contribution is -0.121. The minimum Gasteiger partial charge on any atom is -0.358 e. The number of halogens is 2. The summed E-state index contributed by atoms with van der Waals surface area (Å²) in [5, 5.41) is 2.31. The van der Waals surface area contributed by atoms with Crippen LogP contribution >= 0.6 is 15.9 Å². The van der Waals surface area contributed by atoms with Crippen LogP contribution in [0, 0.1) is 5.82 Å². The summed E-state index contributed by atoms with van der Waals surface area (Å²) in [4.78, 5) is 11.0. The summed E-state index contributed by atoms with van der Waals surface area (Å²) < 4.78 is 39.3. The van der Waals surface area contributed by atoms with Gasteiger partial charge in [-0.3, -0.25) is 4.79 Å². The van der Waals surface area contributed by atoms with Crippen LogP contribution < -0.4 is 10.0 Å². The maximum atomic E-state index is 13.3. The first kappa shape index (κ1) is 15.1. The maximum Gasteiger partial charge on any atom is 0.241 e. The van der Waals surface area contributed by atoms with Crippen LogP contribution in [-0.4, -0.2) is 27.4 Å². The highest BCUT2D eigenvalue weighted by Crippen LogP contribution is 2.19. The van der Waals surface area contributed by atoms with Crippen LogP contribution in [0.5, 0.6) is 0 Å². The molecule has 1 aromatic carbocycles. The number of carbonyl (C=O) groups is 1. The Morgan fingerprint density at radius 1 is 1.44 bits per heavy atom. The van der Waals surface area contributed by atoms with E-state index in [9.17, 15) is 17.6 Å². The normalized spacial score (nSPS) is 13.1. The van der Waals surface area contributed by atoms with Crippen LogP contribution in [0.4, 0.5) is 4.39 Å². The first-order valence-corrected chi connectivity index (χ1v) is 7.24. The predicted molar refractivity (Wildman–Crippen MR) is 68.0 cm³/mol. The molecule has 0 aliphatic heterocycles. The van der Waals surface area contributed by atoms with Crippen molar-refractivity contribution in [2.45, 2.75) is 17.9 Å². The van der Waals surface area contributed by atoms with Gasteiger partial charge in [0.2, 0.25) is 15.9 Å². The molecule has 0 saturated heterocycles. The molecule has 2 N–H and O–H groups in total. The molecule has 1 atom stereocenters. The van der Waals surface area contributed by atoms with E-state index in [0.29, 0.717) is 0 Å². The molecule has 1 unspecified atom stereocenters. The zero-order chi connectivity index (χ0) is 13.9. The molecule has 0 aliphatic carbocycles. The summed E-state index contributed by atoms with van der Waals surface area (Å²) in [6.45, 7) is 1.39. The molecule has 8 heteroatoms. The van der Waals surface area contributed by atoms with Crippen LogP contribution in [-0.2, 0) is 14.8 Å². The zero-order valence-corrected chi connectivity index (χ0v) is 12.1. The Morgan fingerprint density at radius 3 is 2.56 bits per heavy atom. The molecule has 0 saturated carbocycles. The number of nitrogens with one attached hydrogen (secondary N) is 2. The lowest BCUT2D eigenvalue weighted by Crippen LogP contribution is -2.43. The predicted octanol–water partition coefficient (Wildman–Crippen LogP) is 1.00. The molecule has 1 aromatic rings. The summed E-state index contributed by atoms with van der Waals surface area (Å²) in [6, 6.07) is 2.47. The van der Waals surface area contributed by atoms with Gasteiger partial charge in [0.25, 0.3) is 0 Å². The number of hydrogen-bond donors (Lipinski definition) is 2. The van der Waals surface area contributed by atoms with Gasteiger partial charge in [0, 0.05) is 7.05 Å². The third kappa shape index (κ3) is 3.50. The first-order valence-electron chi connectivity index (χ1n) is 4.97. The van der Waals surface area contributed by atoms with Gasteiger partial charge in [-0.25, -0.2) is 12.8 Å². The van der Waals surface area contributed by atoms with Crippen molar-refractivity contribution in [3.8, 4) is 0 Å². The van der Waals surface area contributed by atoms with Crippen LogP contribution in [0.15, 0.2) is 27.6 Å². The topological polar surface area (TPSA) is 75.3 Å². The summed E-state index contributed by atoms with van der Waals surface area (Å²) in [5.41, 5.74) is 0. The summed E-state index contributed by atoms with van der Waals surface area (Å²) >= 11 is 2.93. The Labute approximate surface area is 113 Å². The van der Waals surface area contributed by atoms with Gasteiger partial charge in [-0.15, -0.1) is 0 Å². The second-order valence-corrected chi connectivity index (χ2v) is 6.10. The second kappa shape index (κ2) is 5.77. The first-order chi connectivity index (χ1) is 8.27. The quantitative estimate of drug-likeness (QED) is 0.859. The van der Waals surface area contributed by atoms with E-state index in [1.807, 2.05) is 0 Å². The third-order valence-electron chi connectivity index (χ3n) is 2.17. The van der Waals surface area contributed by atoms with Crippen molar-refractivity contribution in [1.29, 1.82) is 0 Å². The smallest absolute Gasteiger partial charge is 0.241 e. The van der Waals surface area contributed by atoms with Gasteiger partial charge in [-0.2, -0.15) is 4.72 Å². The summed E-state index contributed by atoms with van der Waals surface area (Å²) in [7, 11) is -2.53. The zero-order valence-electron chi connectivity index (χ0n) is 9.70. The van der Waals surface area contributed by atoms with E-state index in [1.54, 1.807) is 0 Å². The third-order valence-corrected chi connectivity index (χ3v) is 4.35. The molecule has 100 valence electrons. The number of carbonyl (C=O) groups excluding carboxylic acids is 1. The van der Waals surface area contributed by atoms with Crippen molar-refractivity contribution < 1.29 is 17.6 Å². The van der Waals surface area contributed by atoms with Gasteiger partial charge < -0.3 is 5.32 Å². The fourth-order valence-electron chi connectivity index (χ4n) is 1.21. The van der Waals surface area contributed by atoms with Crippen molar-refractivity contribution in [3.63, 3.8) is 0 Å². The van der Waals surface area contributed by atoms with Crippen molar-refractivity contribution in [2.75, 3.05) is 7.05 Å². The minimum absolute atomic E-state index is 0.167. The van der Waals surface area contributed by atoms with Crippen LogP contribution in [0.3, 0.4) is 0 Å². The molecule has 0 aromatic heterocycles. The fraction of sp³-hybridized carbons (Fsp3) is 0.300. The molecule has 0 fully saturated rings. The Morgan fingerprint density at radius 2 is 2.06 bits per heavy atom. The van der Waals surface area contributed by atoms with E-state index >= 15 is 0 Å². The Bertz CT molecular complexity index is 562. The number of benzene rings is 1. The van der Waals surface area contributed by atoms with Crippen molar-refractivity contribution in [2.24, 2.45) is 0 Å². The van der Waals surface area contributed by atoms with E-state index in [4.69, 9.17) is 0 Å². The summed E-state index contributed by atoms with van der Waals surface area (Å²) in [6.07, 6.45) is 0. The number of sulfonamides is 1. The molecule has 1 amide bonds. The molecular formula is C10H12BrFN2O3S. The minimum atomic E-state index is -3.93. The van der Waals surface area contributed by atoms with E-state index in [1.165, 1.54) is 26.1 Å². The second-order valence-electron chi connectivity index (χ2n) is 3.53. The van der Waals surface area contributed by atoms with Gasteiger partial charge in [-0.1, -0.05) is 0 Å². The van der Waals surface area contributed by atoms with E-state index in [-0.39, 0.29) is 9.37 Å². The van der Waals surface area contributed by atoms with E-state index in [0.717, 1.165) is 6.07 Å². The van der Waals surface area contributed by atoms with Gasteiger partial charge in [0.1, 0.15) is 5.82 Å². The SMILES string of the molecule is CNC(=O)C(C)NS(=O)(=O)c1ccc(Br)c(F)c1. The van der Waals surface area contributed by atoms with Crippen molar-refractivity contribution in [3.05, 3.63) is 28.5 Å². The molecule has 0 heterocycles. The molecule has 5 nitrogen and oxygen atoms in total. The maximum absolute atomic E-state index is 13.3. The lowest BCUT2D eigenvalue weighted by Gasteiger charge is -2.12. The molecule has 0 aliphatic rings. The number of hydrogen-bond acceptors (Lipinski definition) is 3. The Balaban J connectivity index is 3.00. The molecule has 0 radical (unpaired) electrons. The molecule has 0 bridgehead atoms. The number of likely N-dealkylation sites (N-methyl/N-ethyl adjacent to an activating group) is 1. The van der Waals surface area contributed by atoms with Crippen LogP contribution in [0.25, 0.3) is 0 Å². The molecule has 1 rings (SSSR count). The molecule has 18 heavy (non-hydrogen) atoms. The van der Waals surface area contributed by atoms with Gasteiger partial charge in [0.15, 0.2) is 0 Å². The van der Waals surface area contributed by atoms with E-state index < -0.39 is 27.8 Å².